The fraction of sp³-hybridized carbons (Fsp3) is 0.350. The fourth-order valence-corrected chi connectivity index (χ4v) is 3.42. The van der Waals surface area contributed by atoms with Crippen molar-refractivity contribution in [2.45, 2.75) is 38.5 Å². The molecule has 1 aliphatic rings. The molecule has 1 aliphatic heterocycles. The number of nitrogens with zero attached hydrogens (tertiary/aromatic N) is 1. The molecule has 0 radical (unpaired) electrons. The average molecular weight is 329 g/mol. The zero-order valence-electron chi connectivity index (χ0n) is 13.8. The van der Waals surface area contributed by atoms with Crippen molar-refractivity contribution >= 4 is 11.6 Å². The SMILES string of the molecule is CCCC(=O)N1CCCC(c2ccc(F)cc2)c2ccc(F)cc21. The highest BCUT2D eigenvalue weighted by molar-refractivity contribution is 5.94. The lowest BCUT2D eigenvalue weighted by atomic mass is 9.87. The highest BCUT2D eigenvalue weighted by Crippen LogP contribution is 2.39. The highest BCUT2D eigenvalue weighted by atomic mass is 19.1. The summed E-state index contributed by atoms with van der Waals surface area (Å²) in [5.74, 6) is -0.543. The zero-order valence-corrected chi connectivity index (χ0v) is 13.8. The first-order valence-corrected chi connectivity index (χ1v) is 8.45. The minimum absolute atomic E-state index is 0.0316. The Morgan fingerprint density at radius 3 is 2.54 bits per heavy atom. The summed E-state index contributed by atoms with van der Waals surface area (Å²) in [5, 5.41) is 0. The normalized spacial score (nSPS) is 17.3. The van der Waals surface area contributed by atoms with Crippen molar-refractivity contribution < 1.29 is 13.6 Å². The molecule has 1 heterocycles. The summed E-state index contributed by atoms with van der Waals surface area (Å²) in [6.07, 6.45) is 2.90. The van der Waals surface area contributed by atoms with E-state index in [0.29, 0.717) is 18.7 Å². The first-order chi connectivity index (χ1) is 11.6. The number of carbonyl (C=O) groups is 1. The minimum Gasteiger partial charge on any atom is -0.312 e. The molecule has 2 aromatic carbocycles. The highest BCUT2D eigenvalue weighted by Gasteiger charge is 2.27. The topological polar surface area (TPSA) is 20.3 Å². The lowest BCUT2D eigenvalue weighted by Crippen LogP contribution is -2.31. The molecular weight excluding hydrogens is 308 g/mol. The molecule has 0 spiro atoms. The summed E-state index contributed by atoms with van der Waals surface area (Å²) in [6.45, 7) is 2.55. The van der Waals surface area contributed by atoms with Gasteiger partial charge in [-0.2, -0.15) is 0 Å². The van der Waals surface area contributed by atoms with Crippen LogP contribution in [0.25, 0.3) is 0 Å². The van der Waals surface area contributed by atoms with Gasteiger partial charge in [0.05, 0.1) is 5.69 Å². The molecule has 0 aromatic heterocycles. The van der Waals surface area contributed by atoms with Crippen molar-refractivity contribution in [1.82, 2.24) is 0 Å². The van der Waals surface area contributed by atoms with E-state index < -0.39 is 0 Å². The first-order valence-electron chi connectivity index (χ1n) is 8.45. The Hall–Kier alpha value is -2.23. The van der Waals surface area contributed by atoms with E-state index in [-0.39, 0.29) is 23.5 Å². The van der Waals surface area contributed by atoms with Crippen LogP contribution in [0.2, 0.25) is 0 Å². The third-order valence-electron chi connectivity index (χ3n) is 4.57. The van der Waals surface area contributed by atoms with Gasteiger partial charge in [0.15, 0.2) is 0 Å². The quantitative estimate of drug-likeness (QED) is 0.774. The molecule has 1 atom stereocenters. The third-order valence-corrected chi connectivity index (χ3v) is 4.57. The molecule has 1 amide bonds. The van der Waals surface area contributed by atoms with Gasteiger partial charge in [0.2, 0.25) is 5.91 Å². The average Bonchev–Trinajstić information content (AvgIpc) is 2.75. The molecule has 3 rings (SSSR count). The van der Waals surface area contributed by atoms with E-state index in [1.165, 1.54) is 24.3 Å². The Labute approximate surface area is 141 Å². The predicted octanol–water partition coefficient (Wildman–Crippen LogP) is 5.02. The number of rotatable bonds is 3. The van der Waals surface area contributed by atoms with Crippen LogP contribution in [0.1, 0.15) is 49.7 Å². The second-order valence-electron chi connectivity index (χ2n) is 6.24. The second-order valence-corrected chi connectivity index (χ2v) is 6.24. The van der Waals surface area contributed by atoms with Crippen LogP contribution in [0.4, 0.5) is 14.5 Å². The van der Waals surface area contributed by atoms with Gasteiger partial charge in [-0.15, -0.1) is 0 Å². The smallest absolute Gasteiger partial charge is 0.226 e. The van der Waals surface area contributed by atoms with Gasteiger partial charge < -0.3 is 4.90 Å². The molecule has 2 aromatic rings. The maximum atomic E-state index is 13.8. The van der Waals surface area contributed by atoms with Gasteiger partial charge in [-0.3, -0.25) is 4.79 Å². The summed E-state index contributed by atoms with van der Waals surface area (Å²) in [5.41, 5.74) is 2.58. The standard InChI is InChI=1S/C20H21F2NO/c1-2-4-20(24)23-12-3-5-17(14-6-8-15(21)9-7-14)18-11-10-16(22)13-19(18)23/h6-11,13,17H,2-5,12H2,1H3. The largest absolute Gasteiger partial charge is 0.312 e. The monoisotopic (exact) mass is 329 g/mol. The van der Waals surface area contributed by atoms with Gasteiger partial charge in [0, 0.05) is 18.9 Å². The zero-order chi connectivity index (χ0) is 17.1. The van der Waals surface area contributed by atoms with Crippen molar-refractivity contribution in [2.24, 2.45) is 0 Å². The maximum Gasteiger partial charge on any atom is 0.226 e. The lowest BCUT2D eigenvalue weighted by Gasteiger charge is -2.24. The molecule has 1 unspecified atom stereocenters. The number of anilines is 1. The van der Waals surface area contributed by atoms with Crippen molar-refractivity contribution in [3.8, 4) is 0 Å². The Balaban J connectivity index is 2.05. The molecule has 2 nitrogen and oxygen atoms in total. The van der Waals surface area contributed by atoms with Crippen LogP contribution < -0.4 is 4.90 Å². The molecular formula is C20H21F2NO. The number of amides is 1. The van der Waals surface area contributed by atoms with Gasteiger partial charge in [0.25, 0.3) is 0 Å². The van der Waals surface area contributed by atoms with Crippen LogP contribution in [0.15, 0.2) is 42.5 Å². The van der Waals surface area contributed by atoms with Crippen LogP contribution >= 0.6 is 0 Å². The Morgan fingerprint density at radius 2 is 1.83 bits per heavy atom. The summed E-state index contributed by atoms with van der Waals surface area (Å²) in [4.78, 5) is 14.2. The maximum absolute atomic E-state index is 13.8. The Kier molecular flexibility index (Phi) is 4.93. The van der Waals surface area contributed by atoms with E-state index in [1.54, 1.807) is 23.1 Å². The van der Waals surface area contributed by atoms with Gasteiger partial charge in [-0.1, -0.05) is 25.1 Å². The second kappa shape index (κ2) is 7.12. The van der Waals surface area contributed by atoms with Crippen molar-refractivity contribution in [2.75, 3.05) is 11.4 Å². The Bertz CT molecular complexity index is 727. The number of carbonyl (C=O) groups excluding carboxylic acids is 1. The van der Waals surface area contributed by atoms with Crippen LogP contribution in [0.5, 0.6) is 0 Å². The first kappa shape index (κ1) is 16.6. The predicted molar refractivity (Wildman–Crippen MR) is 91.1 cm³/mol. The lowest BCUT2D eigenvalue weighted by molar-refractivity contribution is -0.118. The van der Waals surface area contributed by atoms with E-state index in [2.05, 4.69) is 0 Å². The number of hydrogen-bond acceptors (Lipinski definition) is 1. The molecule has 0 saturated heterocycles. The van der Waals surface area contributed by atoms with Gasteiger partial charge in [-0.05, 0) is 54.7 Å². The van der Waals surface area contributed by atoms with Crippen molar-refractivity contribution in [3.63, 3.8) is 0 Å². The molecule has 0 fully saturated rings. The molecule has 0 N–H and O–H groups in total. The van der Waals surface area contributed by atoms with Crippen LogP contribution in [0, 0.1) is 11.6 Å². The molecule has 0 aliphatic carbocycles. The van der Waals surface area contributed by atoms with E-state index >= 15 is 0 Å². The summed E-state index contributed by atoms with van der Waals surface area (Å²) in [6, 6.07) is 11.1. The van der Waals surface area contributed by atoms with Crippen LogP contribution in [-0.2, 0) is 4.79 Å². The number of hydrogen-bond donors (Lipinski definition) is 0. The van der Waals surface area contributed by atoms with Gasteiger partial charge >= 0.3 is 0 Å². The summed E-state index contributed by atoms with van der Waals surface area (Å²) in [7, 11) is 0. The number of benzene rings is 2. The fourth-order valence-electron chi connectivity index (χ4n) is 3.42. The number of fused-ring (bicyclic) bond motifs is 1. The number of halogens is 2. The van der Waals surface area contributed by atoms with E-state index in [4.69, 9.17) is 0 Å². The molecule has 0 saturated carbocycles. The van der Waals surface area contributed by atoms with Gasteiger partial charge in [-0.25, -0.2) is 8.78 Å². The van der Waals surface area contributed by atoms with Gasteiger partial charge in [0.1, 0.15) is 11.6 Å². The molecule has 4 heteroatoms. The minimum atomic E-state index is -0.345. The summed E-state index contributed by atoms with van der Waals surface area (Å²) < 4.78 is 27.1. The van der Waals surface area contributed by atoms with Crippen molar-refractivity contribution in [1.29, 1.82) is 0 Å². The summed E-state index contributed by atoms with van der Waals surface area (Å²) >= 11 is 0. The molecule has 126 valence electrons. The van der Waals surface area contributed by atoms with E-state index in [0.717, 1.165) is 30.4 Å². The van der Waals surface area contributed by atoms with Crippen molar-refractivity contribution in [3.05, 3.63) is 65.2 Å². The third kappa shape index (κ3) is 3.32. The molecule has 0 bridgehead atoms. The Morgan fingerprint density at radius 1 is 1.12 bits per heavy atom. The van der Waals surface area contributed by atoms with Crippen LogP contribution in [-0.4, -0.2) is 12.5 Å². The van der Waals surface area contributed by atoms with E-state index in [9.17, 15) is 13.6 Å². The molecule has 24 heavy (non-hydrogen) atoms. The van der Waals surface area contributed by atoms with Crippen LogP contribution in [0.3, 0.4) is 0 Å². The van der Waals surface area contributed by atoms with E-state index in [1.807, 2.05) is 6.92 Å².